The first-order chi connectivity index (χ1) is 30.0. The van der Waals surface area contributed by atoms with Gasteiger partial charge in [0.25, 0.3) is 17.7 Å². The Labute approximate surface area is 368 Å². The van der Waals surface area contributed by atoms with Crippen molar-refractivity contribution in [1.29, 1.82) is 5.26 Å². The molecule has 6 heterocycles. The molecule has 330 valence electrons. The van der Waals surface area contributed by atoms with E-state index in [0.29, 0.717) is 48.1 Å². The highest BCUT2D eigenvalue weighted by atomic mass is 32.1. The van der Waals surface area contributed by atoms with Crippen LogP contribution < -0.4 is 19.9 Å². The Kier molecular flexibility index (Phi) is 12.0. The van der Waals surface area contributed by atoms with Gasteiger partial charge in [-0.15, -0.1) is 0 Å². The first-order valence-corrected chi connectivity index (χ1v) is 21.5. The number of alkyl halides is 3. The molecule has 5 aliphatic rings. The fourth-order valence-electron chi connectivity index (χ4n) is 9.07. The number of allylic oxidation sites excluding steroid dienone is 1. The molecular weight excluding hydrogens is 836 g/mol. The lowest BCUT2D eigenvalue weighted by Crippen LogP contribution is -2.51. The van der Waals surface area contributed by atoms with E-state index in [9.17, 15) is 37.6 Å². The Morgan fingerprint density at radius 2 is 1.63 bits per heavy atom. The number of piperazine rings is 1. The van der Waals surface area contributed by atoms with Crippen LogP contribution in [-0.2, 0) is 22.3 Å². The van der Waals surface area contributed by atoms with E-state index >= 15 is 0 Å². The molecule has 4 saturated heterocycles. The average Bonchev–Trinajstić information content (AvgIpc) is 3.60. The summed E-state index contributed by atoms with van der Waals surface area (Å²) < 4.78 is 47.1. The molecule has 1 N–H and O–H groups in total. The number of nitrogens with one attached hydrogen (secondary N) is 1. The van der Waals surface area contributed by atoms with Gasteiger partial charge >= 0.3 is 6.18 Å². The van der Waals surface area contributed by atoms with Gasteiger partial charge in [0, 0.05) is 69.5 Å². The van der Waals surface area contributed by atoms with Crippen LogP contribution in [-0.4, -0.2) is 124 Å². The van der Waals surface area contributed by atoms with Gasteiger partial charge in [0.1, 0.15) is 18.2 Å². The molecule has 0 spiro atoms. The van der Waals surface area contributed by atoms with E-state index in [-0.39, 0.29) is 23.3 Å². The Morgan fingerprint density at radius 3 is 2.30 bits per heavy atom. The summed E-state index contributed by atoms with van der Waals surface area (Å²) in [7, 11) is 0. The summed E-state index contributed by atoms with van der Waals surface area (Å²) in [5.74, 6) is -0.669. The summed E-state index contributed by atoms with van der Waals surface area (Å²) in [6.07, 6.45) is -0.0892. The third-order valence-corrected chi connectivity index (χ3v) is 13.2. The van der Waals surface area contributed by atoms with Crippen molar-refractivity contribution in [3.8, 4) is 11.9 Å². The largest absolute Gasteiger partial charge is 0.476 e. The van der Waals surface area contributed by atoms with Crippen molar-refractivity contribution >= 4 is 52.3 Å². The number of aromatic nitrogens is 1. The molecule has 63 heavy (non-hydrogen) atoms. The van der Waals surface area contributed by atoms with E-state index in [4.69, 9.17) is 17.0 Å². The molecule has 4 fully saturated rings. The van der Waals surface area contributed by atoms with Crippen molar-refractivity contribution in [2.75, 3.05) is 68.8 Å². The van der Waals surface area contributed by atoms with Gasteiger partial charge in [-0.2, -0.15) is 18.4 Å². The zero-order chi connectivity index (χ0) is 44.8. The molecule has 0 aliphatic carbocycles. The van der Waals surface area contributed by atoms with Crippen LogP contribution in [0.5, 0.6) is 5.88 Å². The van der Waals surface area contributed by atoms with Crippen molar-refractivity contribution in [3.05, 3.63) is 94.8 Å². The number of likely N-dealkylation sites (tertiary alicyclic amines) is 1. The second kappa shape index (κ2) is 17.3. The van der Waals surface area contributed by atoms with Crippen LogP contribution >= 0.6 is 12.2 Å². The predicted octanol–water partition coefficient (Wildman–Crippen LogP) is 5.19. The van der Waals surface area contributed by atoms with Crippen LogP contribution in [0.4, 0.5) is 24.5 Å². The number of imide groups is 1. The second-order valence-corrected chi connectivity index (χ2v) is 17.6. The third-order valence-electron chi connectivity index (χ3n) is 12.8. The number of hydrogen-bond donors (Lipinski definition) is 1. The minimum absolute atomic E-state index is 0.0504. The molecule has 3 aromatic rings. The molecule has 0 radical (unpaired) electrons. The summed E-state index contributed by atoms with van der Waals surface area (Å²) >= 11 is 5.62. The number of nitriles is 1. The molecule has 1 unspecified atom stereocenters. The third kappa shape index (κ3) is 8.74. The number of benzene rings is 2. The van der Waals surface area contributed by atoms with Gasteiger partial charge in [0.05, 0.1) is 34.0 Å². The van der Waals surface area contributed by atoms with Gasteiger partial charge in [0.2, 0.25) is 11.8 Å². The number of halogens is 3. The van der Waals surface area contributed by atoms with Gasteiger partial charge in [-0.25, -0.2) is 4.98 Å². The van der Waals surface area contributed by atoms with Gasteiger partial charge in [-0.3, -0.25) is 38.8 Å². The average molecular weight is 884 g/mol. The van der Waals surface area contributed by atoms with Crippen molar-refractivity contribution < 1.29 is 37.1 Å². The zero-order valence-electron chi connectivity index (χ0n) is 35.1. The summed E-state index contributed by atoms with van der Waals surface area (Å²) in [6.45, 7) is 14.9. The van der Waals surface area contributed by atoms with Crippen LogP contribution in [0.25, 0.3) is 0 Å². The van der Waals surface area contributed by atoms with Gasteiger partial charge in [-0.05, 0) is 113 Å². The van der Waals surface area contributed by atoms with Crippen molar-refractivity contribution in [2.24, 2.45) is 5.92 Å². The standard InChI is InChI=1S/C45H48F3N9O5S/c1-28-4-10-37(39(58)51-28)57-40(59)34-9-8-32(22-35(34)41(57)60)54-18-16-53(17-19-54)26-29-12-14-52(15-13-29)20-21-62-38-11-5-30(25-50-38)27-55-43(63)56(42(61)44(55,2)3)33-7-6-31(24-49)36(23-33)45(46,47)48/h5-9,11,22-23,25,29,37H,1,4,10,12-21,26-27H2,2-3H3,(H,51,58). The van der Waals surface area contributed by atoms with E-state index in [1.165, 1.54) is 6.07 Å². The molecule has 14 nitrogen and oxygen atoms in total. The normalized spacial score (nSPS) is 21.3. The number of ether oxygens (including phenoxy) is 1. The molecule has 5 aliphatic heterocycles. The van der Waals surface area contributed by atoms with Crippen molar-refractivity contribution in [3.63, 3.8) is 0 Å². The molecule has 1 atom stereocenters. The van der Waals surface area contributed by atoms with Crippen LogP contribution in [0.15, 0.2) is 67.0 Å². The number of piperidine rings is 2. The van der Waals surface area contributed by atoms with E-state index < -0.39 is 46.6 Å². The van der Waals surface area contributed by atoms with Crippen molar-refractivity contribution in [2.45, 2.75) is 63.8 Å². The van der Waals surface area contributed by atoms with Crippen LogP contribution in [0.2, 0.25) is 0 Å². The molecule has 18 heteroatoms. The van der Waals surface area contributed by atoms with E-state index in [2.05, 4.69) is 31.6 Å². The van der Waals surface area contributed by atoms with Gasteiger partial charge < -0.3 is 19.9 Å². The monoisotopic (exact) mass is 883 g/mol. The molecular formula is C45H48F3N9O5S. The SMILES string of the molecule is C=C1CCC(N2C(=O)c3ccc(N4CCN(CC5CCN(CCOc6ccc(CN7C(=S)N(c8ccc(C#N)c(C(F)(F)F)c8)C(=O)C7(C)C)cn6)CC5)CC4)cc3C2=O)C(=O)N1. The highest BCUT2D eigenvalue weighted by Gasteiger charge is 2.50. The maximum atomic E-state index is 13.7. The number of amides is 4. The number of fused-ring (bicyclic) bond motifs is 1. The molecule has 0 bridgehead atoms. The number of thiocarbonyl (C=S) groups is 1. The minimum Gasteiger partial charge on any atom is -0.476 e. The van der Waals surface area contributed by atoms with E-state index in [1.807, 2.05) is 12.1 Å². The number of anilines is 2. The highest BCUT2D eigenvalue weighted by Crippen LogP contribution is 2.39. The lowest BCUT2D eigenvalue weighted by Gasteiger charge is -2.39. The number of rotatable bonds is 11. The second-order valence-electron chi connectivity index (χ2n) is 17.2. The first kappa shape index (κ1) is 43.7. The predicted molar refractivity (Wildman–Crippen MR) is 231 cm³/mol. The number of hydrogen-bond acceptors (Lipinski definition) is 11. The summed E-state index contributed by atoms with van der Waals surface area (Å²) in [4.78, 5) is 68.1. The smallest absolute Gasteiger partial charge is 0.417 e. The Morgan fingerprint density at radius 1 is 0.921 bits per heavy atom. The zero-order valence-corrected chi connectivity index (χ0v) is 35.9. The number of nitrogens with zero attached hydrogens (tertiary/aromatic N) is 8. The van der Waals surface area contributed by atoms with Crippen LogP contribution in [0.1, 0.15) is 76.9 Å². The number of carbonyl (C=O) groups is 4. The molecule has 2 aromatic carbocycles. The minimum atomic E-state index is -4.78. The van der Waals surface area contributed by atoms with Crippen molar-refractivity contribution in [1.82, 2.24) is 29.9 Å². The van der Waals surface area contributed by atoms with Gasteiger partial charge in [-0.1, -0.05) is 12.6 Å². The Balaban J connectivity index is 0.759. The molecule has 8 rings (SSSR count). The lowest BCUT2D eigenvalue weighted by atomic mass is 9.96. The Hall–Kier alpha value is -5.90. The summed E-state index contributed by atoms with van der Waals surface area (Å²) in [5.41, 5.74) is 0.0235. The topological polar surface area (TPSA) is 146 Å². The molecule has 0 saturated carbocycles. The summed E-state index contributed by atoms with van der Waals surface area (Å²) in [6, 6.07) is 12.8. The maximum Gasteiger partial charge on any atom is 0.417 e. The molecule has 4 amide bonds. The highest BCUT2D eigenvalue weighted by molar-refractivity contribution is 7.80. The van der Waals surface area contributed by atoms with E-state index in [1.54, 1.807) is 49.2 Å². The fourth-order valence-corrected chi connectivity index (χ4v) is 9.55. The number of pyridine rings is 1. The fraction of sp³-hybridized carbons (Fsp3) is 0.444. The quantitative estimate of drug-likeness (QED) is 0.200. The first-order valence-electron chi connectivity index (χ1n) is 21.1. The van der Waals surface area contributed by atoms with Crippen LogP contribution in [0, 0.1) is 17.2 Å². The summed E-state index contributed by atoms with van der Waals surface area (Å²) in [5, 5.41) is 11.9. The van der Waals surface area contributed by atoms with Gasteiger partial charge in [0.15, 0.2) is 5.11 Å². The Bertz CT molecular complexity index is 2390. The van der Waals surface area contributed by atoms with E-state index in [0.717, 1.165) is 98.4 Å². The van der Waals surface area contributed by atoms with Crippen LogP contribution in [0.3, 0.4) is 0 Å². The molecule has 1 aromatic heterocycles. The maximum absolute atomic E-state index is 13.7. The lowest BCUT2D eigenvalue weighted by molar-refractivity contribution is -0.137. The number of carbonyl (C=O) groups excluding carboxylic acids is 4.